The van der Waals surface area contributed by atoms with E-state index in [9.17, 15) is 5.11 Å². The Hall–Kier alpha value is -2.49. The summed E-state index contributed by atoms with van der Waals surface area (Å²) in [4.78, 5) is 7.89. The topological polar surface area (TPSA) is 58.1 Å². The molecule has 0 saturated carbocycles. The van der Waals surface area contributed by atoms with Crippen LogP contribution in [0.25, 0.3) is 11.0 Å². The quantitative estimate of drug-likeness (QED) is 0.712. The van der Waals surface area contributed by atoms with Crippen molar-refractivity contribution in [1.29, 1.82) is 0 Å². The van der Waals surface area contributed by atoms with Crippen molar-refractivity contribution in [2.75, 3.05) is 6.61 Å². The van der Waals surface area contributed by atoms with Crippen molar-refractivity contribution in [2.45, 2.75) is 12.3 Å². The summed E-state index contributed by atoms with van der Waals surface area (Å²) in [5, 5.41) is 9.51. The van der Waals surface area contributed by atoms with Crippen molar-refractivity contribution in [3.63, 3.8) is 0 Å². The molecule has 100 valence electrons. The molecule has 1 aliphatic heterocycles. The summed E-state index contributed by atoms with van der Waals surface area (Å²) in [5.41, 5.74) is 2.95. The first kappa shape index (κ1) is 11.3. The number of para-hydroxylation sites is 1. The van der Waals surface area contributed by atoms with E-state index in [4.69, 9.17) is 4.74 Å². The maximum atomic E-state index is 9.51. The third kappa shape index (κ3) is 1.81. The van der Waals surface area contributed by atoms with Crippen LogP contribution in [0.1, 0.15) is 17.3 Å². The molecule has 4 nitrogen and oxygen atoms in total. The van der Waals surface area contributed by atoms with Crippen LogP contribution in [0, 0.1) is 0 Å². The summed E-state index contributed by atoms with van der Waals surface area (Å²) in [5.74, 6) is 2.36. The Labute approximate surface area is 116 Å². The number of hydrogen-bond acceptors (Lipinski definition) is 3. The molecular formula is C16H14N2O2. The number of rotatable bonds is 1. The van der Waals surface area contributed by atoms with Crippen molar-refractivity contribution >= 4 is 11.0 Å². The average molecular weight is 266 g/mol. The highest BCUT2D eigenvalue weighted by Gasteiger charge is 2.23. The molecule has 0 radical (unpaired) electrons. The largest absolute Gasteiger partial charge is 0.508 e. The van der Waals surface area contributed by atoms with E-state index >= 15 is 0 Å². The average Bonchev–Trinajstić information content (AvgIpc) is 2.89. The molecule has 3 aromatic rings. The maximum Gasteiger partial charge on any atom is 0.122 e. The van der Waals surface area contributed by atoms with E-state index in [2.05, 4.69) is 16.0 Å². The number of fused-ring (bicyclic) bond motifs is 2. The molecule has 20 heavy (non-hydrogen) atoms. The van der Waals surface area contributed by atoms with Crippen molar-refractivity contribution in [3.05, 3.63) is 53.9 Å². The number of hydrogen-bond donors (Lipinski definition) is 2. The molecule has 4 heteroatoms. The van der Waals surface area contributed by atoms with E-state index < -0.39 is 0 Å². The zero-order valence-electron chi connectivity index (χ0n) is 10.8. The van der Waals surface area contributed by atoms with Gasteiger partial charge in [-0.1, -0.05) is 18.2 Å². The minimum absolute atomic E-state index is 0.222. The van der Waals surface area contributed by atoms with Gasteiger partial charge in [-0.3, -0.25) is 0 Å². The van der Waals surface area contributed by atoms with Crippen molar-refractivity contribution in [3.8, 4) is 11.5 Å². The summed E-state index contributed by atoms with van der Waals surface area (Å²) < 4.78 is 5.80. The minimum atomic E-state index is 0.222. The van der Waals surface area contributed by atoms with Crippen LogP contribution in [0.3, 0.4) is 0 Å². The van der Waals surface area contributed by atoms with Gasteiger partial charge >= 0.3 is 0 Å². The van der Waals surface area contributed by atoms with Gasteiger partial charge in [-0.2, -0.15) is 0 Å². The highest BCUT2D eigenvalue weighted by atomic mass is 16.5. The zero-order chi connectivity index (χ0) is 13.5. The number of aromatic amines is 1. The van der Waals surface area contributed by atoms with E-state index in [1.807, 2.05) is 24.3 Å². The van der Waals surface area contributed by atoms with Gasteiger partial charge in [0.05, 0.1) is 23.6 Å². The summed E-state index contributed by atoms with van der Waals surface area (Å²) >= 11 is 0. The fourth-order valence-corrected chi connectivity index (χ4v) is 2.71. The third-order valence-corrected chi connectivity index (χ3v) is 3.75. The summed E-state index contributed by atoms with van der Waals surface area (Å²) in [6.07, 6.45) is 0.919. The van der Waals surface area contributed by atoms with Gasteiger partial charge in [-0.05, 0) is 30.2 Å². The molecule has 1 aliphatic rings. The number of imidazole rings is 1. The van der Waals surface area contributed by atoms with E-state index in [1.165, 1.54) is 5.56 Å². The molecule has 2 N–H and O–H groups in total. The van der Waals surface area contributed by atoms with E-state index in [0.717, 1.165) is 29.0 Å². The molecule has 1 unspecified atom stereocenters. The molecule has 0 saturated heterocycles. The normalized spacial score (nSPS) is 17.7. The molecule has 0 amide bonds. The molecule has 0 bridgehead atoms. The third-order valence-electron chi connectivity index (χ3n) is 3.75. The van der Waals surface area contributed by atoms with Crippen LogP contribution < -0.4 is 4.74 Å². The second-order valence-corrected chi connectivity index (χ2v) is 5.14. The lowest BCUT2D eigenvalue weighted by Crippen LogP contribution is -2.20. The number of benzene rings is 2. The molecule has 4 rings (SSSR count). The first-order valence-electron chi connectivity index (χ1n) is 6.69. The summed E-state index contributed by atoms with van der Waals surface area (Å²) in [6, 6.07) is 13.3. The van der Waals surface area contributed by atoms with Crippen molar-refractivity contribution in [1.82, 2.24) is 9.97 Å². The van der Waals surface area contributed by atoms with Crippen LogP contribution in [0.5, 0.6) is 11.5 Å². The predicted octanol–water partition coefficient (Wildman–Crippen LogP) is 2.99. The van der Waals surface area contributed by atoms with Gasteiger partial charge in [0.1, 0.15) is 17.3 Å². The Morgan fingerprint density at radius 1 is 1.20 bits per heavy atom. The number of H-pyrrole nitrogens is 1. The molecule has 0 spiro atoms. The Kier molecular flexibility index (Phi) is 2.42. The van der Waals surface area contributed by atoms with Gasteiger partial charge in [0.2, 0.25) is 0 Å². The number of phenolic OH excluding ortho intramolecular Hbond substituents is 1. The van der Waals surface area contributed by atoms with E-state index in [0.29, 0.717) is 6.61 Å². The number of aromatic hydroxyl groups is 1. The van der Waals surface area contributed by atoms with Gasteiger partial charge in [0, 0.05) is 6.07 Å². The fraction of sp³-hybridized carbons (Fsp3) is 0.188. The molecule has 1 atom stereocenters. The van der Waals surface area contributed by atoms with Crippen LogP contribution in [-0.2, 0) is 6.42 Å². The maximum absolute atomic E-state index is 9.51. The molecular weight excluding hydrogens is 252 g/mol. The molecule has 0 fully saturated rings. The van der Waals surface area contributed by atoms with Crippen LogP contribution in [0.15, 0.2) is 42.5 Å². The van der Waals surface area contributed by atoms with Crippen LogP contribution in [0.2, 0.25) is 0 Å². The molecule has 2 heterocycles. The fourth-order valence-electron chi connectivity index (χ4n) is 2.71. The highest BCUT2D eigenvalue weighted by molar-refractivity contribution is 5.76. The second-order valence-electron chi connectivity index (χ2n) is 5.14. The summed E-state index contributed by atoms with van der Waals surface area (Å²) in [7, 11) is 0. The molecule has 2 aromatic carbocycles. The van der Waals surface area contributed by atoms with Crippen molar-refractivity contribution in [2.24, 2.45) is 0 Å². The number of ether oxygens (including phenoxy) is 1. The number of phenols is 1. The van der Waals surface area contributed by atoms with Crippen LogP contribution in [-0.4, -0.2) is 21.7 Å². The first-order chi connectivity index (χ1) is 9.79. The van der Waals surface area contributed by atoms with E-state index in [-0.39, 0.29) is 11.7 Å². The van der Waals surface area contributed by atoms with Gasteiger partial charge in [0.25, 0.3) is 0 Å². The lowest BCUT2D eigenvalue weighted by Gasteiger charge is -2.23. The highest BCUT2D eigenvalue weighted by Crippen LogP contribution is 2.32. The number of aromatic nitrogens is 2. The van der Waals surface area contributed by atoms with Crippen LogP contribution in [0.4, 0.5) is 0 Å². The van der Waals surface area contributed by atoms with Crippen molar-refractivity contribution < 1.29 is 9.84 Å². The Morgan fingerprint density at radius 3 is 3.05 bits per heavy atom. The SMILES string of the molecule is Oc1ccc2nc(C3COc4ccccc4C3)[nH]c2c1. The number of nitrogens with zero attached hydrogens (tertiary/aromatic N) is 1. The predicted molar refractivity (Wildman–Crippen MR) is 76.1 cm³/mol. The van der Waals surface area contributed by atoms with Gasteiger partial charge in [0.15, 0.2) is 0 Å². The lowest BCUT2D eigenvalue weighted by molar-refractivity contribution is 0.258. The monoisotopic (exact) mass is 266 g/mol. The molecule has 1 aromatic heterocycles. The smallest absolute Gasteiger partial charge is 0.122 e. The summed E-state index contributed by atoms with van der Waals surface area (Å²) in [6.45, 7) is 0.628. The first-order valence-corrected chi connectivity index (χ1v) is 6.69. The lowest BCUT2D eigenvalue weighted by atomic mass is 9.96. The second kappa shape index (κ2) is 4.27. The van der Waals surface area contributed by atoms with Gasteiger partial charge in [-0.15, -0.1) is 0 Å². The molecule has 0 aliphatic carbocycles. The zero-order valence-corrected chi connectivity index (χ0v) is 10.8. The van der Waals surface area contributed by atoms with Gasteiger partial charge < -0.3 is 14.8 Å². The standard InChI is InChI=1S/C16H14N2O2/c19-12-5-6-13-14(8-12)18-16(17-13)11-7-10-3-1-2-4-15(10)20-9-11/h1-6,8,11,19H,7,9H2,(H,17,18). The van der Waals surface area contributed by atoms with Gasteiger partial charge in [-0.25, -0.2) is 4.98 Å². The minimum Gasteiger partial charge on any atom is -0.508 e. The number of nitrogens with one attached hydrogen (secondary N) is 1. The Morgan fingerprint density at radius 2 is 2.10 bits per heavy atom. The Balaban J connectivity index is 1.70. The Bertz CT molecular complexity index is 779. The van der Waals surface area contributed by atoms with Crippen LogP contribution >= 0.6 is 0 Å². The van der Waals surface area contributed by atoms with E-state index in [1.54, 1.807) is 12.1 Å².